The molecule has 2 fully saturated rings. The number of fused-ring (bicyclic) bond motifs is 2. The zero-order valence-corrected chi connectivity index (χ0v) is 42.7. The molecule has 1 unspecified atom stereocenters. The summed E-state index contributed by atoms with van der Waals surface area (Å²) in [4.78, 5) is 65.5. The van der Waals surface area contributed by atoms with Crippen LogP contribution >= 0.6 is 11.6 Å². The van der Waals surface area contributed by atoms with Gasteiger partial charge in [0.15, 0.2) is 0 Å². The van der Waals surface area contributed by atoms with Crippen LogP contribution in [0.2, 0.25) is 5.02 Å². The summed E-state index contributed by atoms with van der Waals surface area (Å²) in [5.74, 6) is -0.915. The molecule has 7 aromatic rings. The molecule has 4 N–H and O–H groups in total. The molecule has 9 rings (SSSR count). The highest BCUT2D eigenvalue weighted by molar-refractivity contribution is 6.36. The zero-order chi connectivity index (χ0) is 53.5. The van der Waals surface area contributed by atoms with Gasteiger partial charge in [0, 0.05) is 108 Å². The van der Waals surface area contributed by atoms with Gasteiger partial charge in [-0.1, -0.05) is 42.4 Å². The quantitative estimate of drug-likeness (QED) is 0.0476. The molecule has 1 aliphatic carbocycles. The van der Waals surface area contributed by atoms with Crippen molar-refractivity contribution in [2.75, 3.05) is 39.1 Å². The Bertz CT molecular complexity index is 3400. The Morgan fingerprint density at radius 2 is 1.81 bits per heavy atom. The van der Waals surface area contributed by atoms with E-state index in [4.69, 9.17) is 21.4 Å². The highest BCUT2D eigenvalue weighted by Gasteiger charge is 2.55. The fraction of sp³-hybridized carbons (Fsp3) is 0.333. The summed E-state index contributed by atoms with van der Waals surface area (Å²) in [7, 11) is 5.07. The first-order valence-corrected chi connectivity index (χ1v) is 24.6. The van der Waals surface area contributed by atoms with E-state index in [0.29, 0.717) is 41.1 Å². The minimum atomic E-state index is -4.80. The molecule has 390 valence electrons. The highest BCUT2D eigenvalue weighted by atomic mass is 35.5. The van der Waals surface area contributed by atoms with Gasteiger partial charge in [-0.25, -0.2) is 4.79 Å². The van der Waals surface area contributed by atoms with E-state index in [2.05, 4.69) is 48.6 Å². The number of amides is 4. The number of H-pyrrole nitrogens is 1. The number of hydrogen-bond acceptors (Lipinski definition) is 10. The normalized spacial score (nSPS) is 14.7. The van der Waals surface area contributed by atoms with Gasteiger partial charge >= 0.3 is 12.2 Å². The summed E-state index contributed by atoms with van der Waals surface area (Å²) in [5.41, 5.74) is 7.20. The lowest BCUT2D eigenvalue weighted by atomic mass is 9.60. The number of carbonyl (C=O) groups is 5. The first kappa shape index (κ1) is 52.0. The van der Waals surface area contributed by atoms with Crippen molar-refractivity contribution >= 4 is 69.5 Å². The topological polar surface area (TPSA) is 201 Å². The summed E-state index contributed by atoms with van der Waals surface area (Å²) in [6.45, 7) is 8.55. The molecular weight excluding hydrogens is 991 g/mol. The number of nitrogens with one attached hydrogen (secondary N) is 4. The molecule has 4 aromatic carbocycles. The van der Waals surface area contributed by atoms with Crippen LogP contribution in [0.3, 0.4) is 0 Å². The molecule has 0 radical (unpaired) electrons. The molecule has 75 heavy (non-hydrogen) atoms. The number of carbonyl (C=O) groups excluding carboxylic acids is 5. The monoisotopic (exact) mass is 1050 g/mol. The number of aromatic amines is 1. The number of alkyl halides is 3. The van der Waals surface area contributed by atoms with E-state index < -0.39 is 30.4 Å². The van der Waals surface area contributed by atoms with E-state index in [9.17, 15) is 37.1 Å². The summed E-state index contributed by atoms with van der Waals surface area (Å²) in [6.07, 6.45) is 2.14. The molecule has 1 saturated carbocycles. The number of benzene rings is 4. The second-order valence-electron chi connectivity index (χ2n) is 19.6. The van der Waals surface area contributed by atoms with Crippen LogP contribution in [0.1, 0.15) is 70.0 Å². The fourth-order valence-corrected chi connectivity index (χ4v) is 10.7. The van der Waals surface area contributed by atoms with E-state index in [-0.39, 0.29) is 66.2 Å². The highest BCUT2D eigenvalue weighted by Crippen LogP contribution is 2.56. The summed E-state index contributed by atoms with van der Waals surface area (Å²) in [6, 6.07) is 14.3. The van der Waals surface area contributed by atoms with Crippen molar-refractivity contribution in [1.82, 2.24) is 50.2 Å². The Morgan fingerprint density at radius 3 is 2.53 bits per heavy atom. The molecule has 4 heterocycles. The number of anilines is 1. The molecule has 2 aliphatic rings. The number of nitrogens with zero attached hydrogens (tertiary/aromatic N) is 7. The number of rotatable bonds is 18. The van der Waals surface area contributed by atoms with Crippen molar-refractivity contribution in [3.8, 4) is 28.1 Å². The van der Waals surface area contributed by atoms with Gasteiger partial charge in [0.1, 0.15) is 30.6 Å². The Balaban J connectivity index is 0.826. The van der Waals surface area contributed by atoms with Crippen LogP contribution in [0.4, 0.5) is 23.7 Å². The molecule has 1 saturated heterocycles. The largest absolute Gasteiger partial charge is 0.489 e. The van der Waals surface area contributed by atoms with Crippen LogP contribution in [0.25, 0.3) is 44.2 Å². The van der Waals surface area contributed by atoms with Crippen LogP contribution in [0.15, 0.2) is 85.2 Å². The molecule has 1 atom stereocenters. The second kappa shape index (κ2) is 20.8. The molecule has 4 amide bonds. The van der Waals surface area contributed by atoms with Crippen molar-refractivity contribution in [3.63, 3.8) is 0 Å². The summed E-state index contributed by atoms with van der Waals surface area (Å²) < 4.78 is 52.0. The SMILES string of the molecule is C=C(COc1cc(NC(=O)NCc2ccc(C=O)c(CN(C)C(CCC=O)C(=O)NC)c2)cc(C(F)(F)F)c1)C(=O)N1CC2(CC(n3nc(-c4ccc5c(cnn5C)c4)c(-c4c(Cl)c(C)cc5[nH]ncc45)c3C)C2)C1. The van der Waals surface area contributed by atoms with Crippen molar-refractivity contribution < 1.29 is 41.9 Å². The lowest BCUT2D eigenvalue weighted by Gasteiger charge is -2.59. The molecule has 21 heteroatoms. The van der Waals surface area contributed by atoms with E-state index in [1.807, 2.05) is 50.0 Å². The lowest BCUT2D eigenvalue weighted by molar-refractivity contribution is -0.150. The maximum atomic E-state index is 14.1. The van der Waals surface area contributed by atoms with Crippen molar-refractivity contribution in [2.45, 2.75) is 70.9 Å². The number of aromatic nitrogens is 6. The summed E-state index contributed by atoms with van der Waals surface area (Å²) in [5, 5.41) is 27.2. The van der Waals surface area contributed by atoms with E-state index in [1.165, 1.54) is 13.1 Å². The van der Waals surface area contributed by atoms with Gasteiger partial charge < -0.3 is 30.4 Å². The van der Waals surface area contributed by atoms with Gasteiger partial charge in [-0.3, -0.25) is 33.7 Å². The average Bonchev–Trinajstić information content (AvgIpc) is 4.08. The molecule has 3 aromatic heterocycles. The number of likely N-dealkylation sites (tertiary alicyclic amines) is 1. The smallest absolute Gasteiger partial charge is 0.416 e. The van der Waals surface area contributed by atoms with E-state index in [1.54, 1.807) is 41.2 Å². The van der Waals surface area contributed by atoms with Gasteiger partial charge in [-0.15, -0.1) is 0 Å². The van der Waals surface area contributed by atoms with Gasteiger partial charge in [0.25, 0.3) is 5.91 Å². The van der Waals surface area contributed by atoms with Gasteiger partial charge in [-0.05, 0) is 87.2 Å². The Labute approximate surface area is 434 Å². The maximum absolute atomic E-state index is 14.1. The minimum Gasteiger partial charge on any atom is -0.489 e. The number of likely N-dealkylation sites (N-methyl/N-ethyl adjacent to an activating group) is 2. The summed E-state index contributed by atoms with van der Waals surface area (Å²) >= 11 is 7.13. The van der Waals surface area contributed by atoms with Gasteiger partial charge in [0.05, 0.1) is 46.1 Å². The zero-order valence-electron chi connectivity index (χ0n) is 41.9. The lowest BCUT2D eigenvalue weighted by Crippen LogP contribution is -2.64. The molecule has 0 bridgehead atoms. The molecule has 1 spiro atoms. The third-order valence-corrected chi connectivity index (χ3v) is 14.8. The second-order valence-corrected chi connectivity index (χ2v) is 20.0. The fourth-order valence-electron chi connectivity index (χ4n) is 10.5. The van der Waals surface area contributed by atoms with Crippen LogP contribution in [0, 0.1) is 19.3 Å². The molecule has 1 aliphatic heterocycles. The number of aldehydes is 2. The average molecular weight is 1050 g/mol. The number of ether oxygens (including phenoxy) is 1. The maximum Gasteiger partial charge on any atom is 0.416 e. The van der Waals surface area contributed by atoms with Crippen molar-refractivity contribution in [2.24, 2.45) is 12.5 Å². The Morgan fingerprint density at radius 1 is 1.04 bits per heavy atom. The van der Waals surface area contributed by atoms with Crippen molar-refractivity contribution in [3.05, 3.63) is 124 Å². The Kier molecular flexibility index (Phi) is 14.4. The van der Waals surface area contributed by atoms with E-state index >= 15 is 0 Å². The van der Waals surface area contributed by atoms with E-state index in [0.717, 1.165) is 86.7 Å². The van der Waals surface area contributed by atoms with Crippen LogP contribution in [0.5, 0.6) is 5.75 Å². The third-order valence-electron chi connectivity index (χ3n) is 14.4. The first-order valence-electron chi connectivity index (χ1n) is 24.2. The van der Waals surface area contributed by atoms with Crippen LogP contribution in [-0.4, -0.2) is 110 Å². The number of urea groups is 1. The predicted molar refractivity (Wildman–Crippen MR) is 277 cm³/mol. The number of hydrogen-bond donors (Lipinski definition) is 4. The Hall–Kier alpha value is -7.84. The molecule has 17 nitrogen and oxygen atoms in total. The number of halogens is 4. The van der Waals surface area contributed by atoms with Crippen LogP contribution in [-0.2, 0) is 40.7 Å². The predicted octanol–water partition coefficient (Wildman–Crippen LogP) is 8.73. The molecular formula is C54H55ClF3N11O6. The third kappa shape index (κ3) is 10.5. The van der Waals surface area contributed by atoms with Gasteiger partial charge in [0.2, 0.25) is 5.91 Å². The first-order chi connectivity index (χ1) is 35.8. The number of aryl methyl sites for hydroxylation is 2. The minimum absolute atomic E-state index is 0.0366. The van der Waals surface area contributed by atoms with Gasteiger partial charge in [-0.2, -0.15) is 28.5 Å². The van der Waals surface area contributed by atoms with Crippen LogP contribution < -0.4 is 20.7 Å². The van der Waals surface area contributed by atoms with Crippen molar-refractivity contribution in [1.29, 1.82) is 0 Å². The standard InChI is InChI=1S/C54H55ClF3N11O6/c1-30-14-43-42(24-61-64-43)47(48(30)55)46-32(3)69(65-49(46)34-11-12-44-36(16-34)23-62-67(44)6)40-20-53(21-40)28-68(29-53)51(73)31(2)27-75-41-18-38(54(56,57)58)17-39(19-41)63-52(74)60-22-33-9-10-35(26-71)37(15-33)25-66(5)45(8-7-13-70)50(72)59-4/h9-19,23-24,26,40,45H,2,7-8,20-22,25,27-29H2,1,3-6H3,(H,59,72)(H,61,64)(H2,60,63,74).